The Bertz CT molecular complexity index is 1210. The maximum atomic E-state index is 12.6. The quantitative estimate of drug-likeness (QED) is 0.334. The van der Waals surface area contributed by atoms with Gasteiger partial charge in [-0.3, -0.25) is 4.79 Å². The van der Waals surface area contributed by atoms with Gasteiger partial charge in [-0.15, -0.1) is 0 Å². The lowest BCUT2D eigenvalue weighted by Gasteiger charge is -2.25. The molecule has 2 atom stereocenters. The van der Waals surface area contributed by atoms with Gasteiger partial charge >= 0.3 is 6.16 Å². The summed E-state index contributed by atoms with van der Waals surface area (Å²) >= 11 is 12.3. The van der Waals surface area contributed by atoms with Crippen LogP contribution in [0.5, 0.6) is 17.2 Å². The molecule has 0 radical (unpaired) electrons. The van der Waals surface area contributed by atoms with Crippen molar-refractivity contribution in [2.24, 2.45) is 0 Å². The highest BCUT2D eigenvalue weighted by Crippen LogP contribution is 2.42. The zero-order valence-electron chi connectivity index (χ0n) is 18.8. The minimum Gasteiger partial charge on any atom is -0.493 e. The number of carboxylic acid groups (broad SMARTS) is 1. The molecule has 182 valence electrons. The number of hydrogen-bond donors (Lipinski definition) is 2. The summed E-state index contributed by atoms with van der Waals surface area (Å²) in [6, 6.07) is 17.4. The van der Waals surface area contributed by atoms with Crippen LogP contribution in [0.25, 0.3) is 0 Å². The molecule has 3 aromatic rings. The highest BCUT2D eigenvalue weighted by molar-refractivity contribution is 6.32. The number of nitrogens with one attached hydrogen (secondary N) is 1. The Morgan fingerprint density at radius 3 is 2.51 bits per heavy atom. The fourth-order valence-electron chi connectivity index (χ4n) is 3.74. The molecule has 0 fully saturated rings. The van der Waals surface area contributed by atoms with Gasteiger partial charge in [0.15, 0.2) is 0 Å². The summed E-state index contributed by atoms with van der Waals surface area (Å²) in [6.07, 6.45) is -1.61. The summed E-state index contributed by atoms with van der Waals surface area (Å²) in [5.74, 6) is 1.21. The van der Waals surface area contributed by atoms with E-state index < -0.39 is 12.3 Å². The first kappa shape index (κ1) is 24.7. The average molecular weight is 516 g/mol. The smallest absolute Gasteiger partial charge is 0.493 e. The average Bonchev–Trinajstić information content (AvgIpc) is 2.84. The Balaban J connectivity index is 1.39. The maximum absolute atomic E-state index is 12.6. The molecule has 4 rings (SSSR count). The molecule has 1 heterocycles. The summed E-state index contributed by atoms with van der Waals surface area (Å²) in [5.41, 5.74) is 2.13. The van der Waals surface area contributed by atoms with Crippen molar-refractivity contribution in [2.75, 3.05) is 13.2 Å². The number of carbonyl (C=O) groups is 2. The number of amides is 1. The monoisotopic (exact) mass is 515 g/mol. The third-order valence-electron chi connectivity index (χ3n) is 5.64. The van der Waals surface area contributed by atoms with Crippen LogP contribution in [0.15, 0.2) is 60.7 Å². The van der Waals surface area contributed by atoms with E-state index in [9.17, 15) is 9.59 Å². The SMILES string of the molecule is CC(CNC(=O)c1ccc(Oc2cc3c(cc2Cl)C(OC(=O)O)CCO3)cc1)c1ccc(Cl)cc1. The van der Waals surface area contributed by atoms with Crippen LogP contribution in [0, 0.1) is 0 Å². The highest BCUT2D eigenvalue weighted by Gasteiger charge is 2.27. The molecule has 0 spiro atoms. The van der Waals surface area contributed by atoms with E-state index in [-0.39, 0.29) is 16.8 Å². The molecule has 0 aromatic heterocycles. The third kappa shape index (κ3) is 6.18. The Labute approximate surface area is 212 Å². The van der Waals surface area contributed by atoms with Crippen molar-refractivity contribution in [3.05, 3.63) is 87.4 Å². The van der Waals surface area contributed by atoms with Gasteiger partial charge in [-0.05, 0) is 53.9 Å². The first-order valence-corrected chi connectivity index (χ1v) is 11.7. The second-order valence-electron chi connectivity index (χ2n) is 8.12. The lowest BCUT2D eigenvalue weighted by atomic mass is 10.0. The Morgan fingerprint density at radius 1 is 1.11 bits per heavy atom. The largest absolute Gasteiger partial charge is 0.506 e. The zero-order valence-corrected chi connectivity index (χ0v) is 20.3. The number of fused-ring (bicyclic) bond motifs is 1. The molecule has 0 saturated carbocycles. The van der Waals surface area contributed by atoms with E-state index >= 15 is 0 Å². The van der Waals surface area contributed by atoms with E-state index in [2.05, 4.69) is 5.32 Å². The van der Waals surface area contributed by atoms with Crippen LogP contribution >= 0.6 is 23.2 Å². The van der Waals surface area contributed by atoms with E-state index in [0.29, 0.717) is 53.0 Å². The van der Waals surface area contributed by atoms with Crippen LogP contribution in [0.4, 0.5) is 4.79 Å². The Morgan fingerprint density at radius 2 is 1.83 bits per heavy atom. The van der Waals surface area contributed by atoms with Crippen LogP contribution in [-0.4, -0.2) is 30.3 Å². The molecule has 0 aliphatic carbocycles. The Hall–Kier alpha value is -3.42. The molecule has 35 heavy (non-hydrogen) atoms. The van der Waals surface area contributed by atoms with E-state index in [0.717, 1.165) is 5.56 Å². The number of halogens is 2. The number of ether oxygens (including phenoxy) is 3. The second-order valence-corrected chi connectivity index (χ2v) is 8.96. The number of hydrogen-bond acceptors (Lipinski definition) is 5. The molecule has 1 aliphatic heterocycles. The maximum Gasteiger partial charge on any atom is 0.506 e. The molecule has 2 unspecified atom stereocenters. The fourth-order valence-corrected chi connectivity index (χ4v) is 4.08. The van der Waals surface area contributed by atoms with Crippen molar-refractivity contribution in [3.8, 4) is 17.2 Å². The molecule has 3 aromatic carbocycles. The van der Waals surface area contributed by atoms with E-state index in [1.54, 1.807) is 36.4 Å². The number of carbonyl (C=O) groups excluding carboxylic acids is 1. The van der Waals surface area contributed by atoms with Crippen LogP contribution in [-0.2, 0) is 4.74 Å². The van der Waals surface area contributed by atoms with E-state index in [1.807, 2.05) is 31.2 Å². The van der Waals surface area contributed by atoms with Crippen molar-refractivity contribution in [1.29, 1.82) is 0 Å². The fraction of sp³-hybridized carbons (Fsp3) is 0.231. The molecular formula is C26H23Cl2NO6. The predicted octanol–water partition coefficient (Wildman–Crippen LogP) is 6.84. The summed E-state index contributed by atoms with van der Waals surface area (Å²) in [7, 11) is 0. The molecule has 7 nitrogen and oxygen atoms in total. The summed E-state index contributed by atoms with van der Waals surface area (Å²) < 4.78 is 16.4. The molecule has 0 bridgehead atoms. The summed E-state index contributed by atoms with van der Waals surface area (Å²) in [5, 5.41) is 12.8. The van der Waals surface area contributed by atoms with Crippen molar-refractivity contribution >= 4 is 35.3 Å². The van der Waals surface area contributed by atoms with Gasteiger partial charge in [0, 0.05) is 35.2 Å². The van der Waals surface area contributed by atoms with Crippen molar-refractivity contribution in [1.82, 2.24) is 5.32 Å². The van der Waals surface area contributed by atoms with Crippen molar-refractivity contribution < 1.29 is 28.9 Å². The second kappa shape index (κ2) is 10.9. The van der Waals surface area contributed by atoms with Gasteiger partial charge in [0.2, 0.25) is 0 Å². The summed E-state index contributed by atoms with van der Waals surface area (Å²) in [4.78, 5) is 23.5. The lowest BCUT2D eigenvalue weighted by molar-refractivity contribution is 0.0326. The van der Waals surface area contributed by atoms with Gasteiger partial charge in [0.25, 0.3) is 5.91 Å². The number of rotatable bonds is 7. The number of benzene rings is 3. The van der Waals surface area contributed by atoms with Gasteiger partial charge in [-0.25, -0.2) is 4.79 Å². The Kier molecular flexibility index (Phi) is 7.68. The minimum absolute atomic E-state index is 0.132. The molecule has 0 saturated heterocycles. The predicted molar refractivity (Wildman–Crippen MR) is 132 cm³/mol. The van der Waals surface area contributed by atoms with E-state index in [4.69, 9.17) is 42.5 Å². The zero-order chi connectivity index (χ0) is 24.9. The van der Waals surface area contributed by atoms with Crippen LogP contribution in [0.3, 0.4) is 0 Å². The molecule has 9 heteroatoms. The van der Waals surface area contributed by atoms with Gasteiger partial charge in [-0.1, -0.05) is 42.3 Å². The minimum atomic E-state index is -1.36. The van der Waals surface area contributed by atoms with Gasteiger partial charge in [-0.2, -0.15) is 0 Å². The first-order chi connectivity index (χ1) is 16.8. The van der Waals surface area contributed by atoms with Gasteiger partial charge in [0.05, 0.1) is 11.6 Å². The standard InChI is InChI=1S/C26H23Cl2NO6/c1-15(16-2-6-18(27)7-3-16)14-29-25(30)17-4-8-19(9-5-17)34-24-13-23-20(12-21(24)28)22(10-11-33-23)35-26(31)32/h2-9,12-13,15,22H,10-11,14H2,1H3,(H,29,30)(H,31,32). The lowest BCUT2D eigenvalue weighted by Crippen LogP contribution is -2.27. The molecule has 2 N–H and O–H groups in total. The van der Waals surface area contributed by atoms with E-state index in [1.165, 1.54) is 0 Å². The molecular weight excluding hydrogens is 493 g/mol. The van der Waals surface area contributed by atoms with Crippen LogP contribution in [0.2, 0.25) is 10.0 Å². The molecule has 1 amide bonds. The van der Waals surface area contributed by atoms with Gasteiger partial charge in [0.1, 0.15) is 23.4 Å². The normalized spacial score (nSPS) is 15.3. The van der Waals surface area contributed by atoms with Crippen molar-refractivity contribution in [2.45, 2.75) is 25.4 Å². The highest BCUT2D eigenvalue weighted by atomic mass is 35.5. The van der Waals surface area contributed by atoms with Crippen LogP contribution in [0.1, 0.15) is 46.9 Å². The summed E-state index contributed by atoms with van der Waals surface area (Å²) in [6.45, 7) is 2.82. The van der Waals surface area contributed by atoms with Gasteiger partial charge < -0.3 is 24.6 Å². The van der Waals surface area contributed by atoms with Crippen LogP contribution < -0.4 is 14.8 Å². The van der Waals surface area contributed by atoms with Crippen molar-refractivity contribution in [3.63, 3.8) is 0 Å². The third-order valence-corrected chi connectivity index (χ3v) is 6.19. The molecule has 1 aliphatic rings. The topological polar surface area (TPSA) is 94.1 Å². The first-order valence-electron chi connectivity index (χ1n) is 11.0.